The maximum atomic E-state index is 14.3. The zero-order valence-electron chi connectivity index (χ0n) is 30.8. The Bertz CT molecular complexity index is 1420. The molecule has 1 amide bonds. The Morgan fingerprint density at radius 3 is 2.45 bits per heavy atom. The lowest BCUT2D eigenvalue weighted by atomic mass is 9.76. The number of nitrogens with zero attached hydrogens (tertiary/aromatic N) is 2. The molecule has 0 spiro atoms. The lowest BCUT2D eigenvalue weighted by Gasteiger charge is -2.40. The molecule has 3 fully saturated rings. The molecule has 0 radical (unpaired) electrons. The molecular weight excluding hydrogens is 648 g/mol. The second kappa shape index (κ2) is 19.9. The monoisotopic (exact) mass is 706 g/mol. The molecule has 0 aromatic heterocycles. The molecule has 3 aliphatic rings. The highest BCUT2D eigenvalue weighted by Crippen LogP contribution is 2.36. The van der Waals surface area contributed by atoms with Crippen molar-refractivity contribution in [2.75, 3.05) is 60.2 Å². The van der Waals surface area contributed by atoms with E-state index in [1.165, 1.54) is 0 Å². The van der Waals surface area contributed by atoms with Crippen LogP contribution in [0.1, 0.15) is 81.9 Å². The maximum Gasteiger partial charge on any atom is 0.329 e. The average Bonchev–Trinajstić information content (AvgIpc) is 3.17. The Kier molecular flexibility index (Phi) is 15.0. The van der Waals surface area contributed by atoms with Crippen LogP contribution in [0.2, 0.25) is 0 Å². The van der Waals surface area contributed by atoms with Crippen LogP contribution in [0.15, 0.2) is 54.6 Å². The summed E-state index contributed by atoms with van der Waals surface area (Å²) in [5.74, 6) is 1.00. The van der Waals surface area contributed by atoms with E-state index in [-0.39, 0.29) is 11.8 Å². The van der Waals surface area contributed by atoms with Gasteiger partial charge in [-0.3, -0.25) is 9.69 Å². The van der Waals surface area contributed by atoms with Gasteiger partial charge in [-0.15, -0.1) is 0 Å². The van der Waals surface area contributed by atoms with Crippen LogP contribution in [0.5, 0.6) is 17.2 Å². The zero-order chi connectivity index (χ0) is 36.0. The van der Waals surface area contributed by atoms with Crippen molar-refractivity contribution in [3.8, 4) is 17.2 Å². The molecule has 0 unspecified atom stereocenters. The topological polar surface area (TPSA) is 107 Å². The Morgan fingerprint density at radius 2 is 1.71 bits per heavy atom. The number of aliphatic hydroxyl groups is 1. The van der Waals surface area contributed by atoms with Crippen molar-refractivity contribution >= 4 is 11.9 Å². The number of benzene rings is 2. The fraction of sp³-hybridized carbons (Fsp3) is 0.610. The summed E-state index contributed by atoms with van der Waals surface area (Å²) in [5.41, 5.74) is 1.86. The first-order chi connectivity index (χ1) is 24.9. The SMILES string of the molecule is C/C=C/[C@@H](O)[C@@H](C(=O)N1CCCC[C@H]1C(=O)O[C@H](CCc1ccc(OC)c(OC)c1)c1cccc(OCCN2CCOCC2)c1)C1CCCCC1. The highest BCUT2D eigenvalue weighted by Gasteiger charge is 2.42. The fourth-order valence-electron chi connectivity index (χ4n) is 7.84. The van der Waals surface area contributed by atoms with Gasteiger partial charge in [-0.2, -0.15) is 0 Å². The summed E-state index contributed by atoms with van der Waals surface area (Å²) in [4.78, 5) is 32.6. The molecule has 2 heterocycles. The number of rotatable bonds is 16. The van der Waals surface area contributed by atoms with Crippen molar-refractivity contribution in [1.29, 1.82) is 0 Å². The number of carbonyl (C=O) groups is 2. The highest BCUT2D eigenvalue weighted by molar-refractivity contribution is 5.87. The normalized spacial score (nSPS) is 20.8. The van der Waals surface area contributed by atoms with Crippen molar-refractivity contribution in [3.63, 3.8) is 0 Å². The number of aryl methyl sites for hydroxylation is 1. The minimum absolute atomic E-state index is 0.0938. The predicted molar refractivity (Wildman–Crippen MR) is 196 cm³/mol. The van der Waals surface area contributed by atoms with E-state index in [0.29, 0.717) is 43.9 Å². The van der Waals surface area contributed by atoms with E-state index >= 15 is 0 Å². The lowest BCUT2D eigenvalue weighted by Crippen LogP contribution is -2.53. The summed E-state index contributed by atoms with van der Waals surface area (Å²) in [5, 5.41) is 11.2. The Morgan fingerprint density at radius 1 is 0.941 bits per heavy atom. The van der Waals surface area contributed by atoms with E-state index in [4.69, 9.17) is 23.7 Å². The third-order valence-electron chi connectivity index (χ3n) is 10.7. The lowest BCUT2D eigenvalue weighted by molar-refractivity contribution is -0.165. The molecule has 10 nitrogen and oxygen atoms in total. The Hall–Kier alpha value is -3.60. The summed E-state index contributed by atoms with van der Waals surface area (Å²) < 4.78 is 29.0. The van der Waals surface area contributed by atoms with Gasteiger partial charge < -0.3 is 33.7 Å². The second-order valence-electron chi connectivity index (χ2n) is 14.0. The number of piperidine rings is 1. The Balaban J connectivity index is 1.35. The fourth-order valence-corrected chi connectivity index (χ4v) is 7.84. The molecule has 10 heteroatoms. The van der Waals surface area contributed by atoms with Crippen LogP contribution in [0.25, 0.3) is 0 Å². The van der Waals surface area contributed by atoms with E-state index in [1.54, 1.807) is 31.3 Å². The van der Waals surface area contributed by atoms with E-state index in [2.05, 4.69) is 4.90 Å². The second-order valence-corrected chi connectivity index (χ2v) is 14.0. The summed E-state index contributed by atoms with van der Waals surface area (Å²) in [7, 11) is 3.23. The average molecular weight is 707 g/mol. The molecule has 51 heavy (non-hydrogen) atoms. The van der Waals surface area contributed by atoms with Gasteiger partial charge in [-0.1, -0.05) is 49.6 Å². The molecule has 2 saturated heterocycles. The minimum Gasteiger partial charge on any atom is -0.493 e. The van der Waals surface area contributed by atoms with Gasteiger partial charge in [0.15, 0.2) is 11.5 Å². The van der Waals surface area contributed by atoms with E-state index in [1.807, 2.05) is 49.4 Å². The number of amides is 1. The number of allylic oxidation sites excluding steroid dienone is 1. The number of carbonyl (C=O) groups excluding carboxylic acids is 2. The summed E-state index contributed by atoms with van der Waals surface area (Å²) in [6, 6.07) is 12.9. The van der Waals surface area contributed by atoms with Crippen molar-refractivity contribution in [2.24, 2.45) is 11.8 Å². The van der Waals surface area contributed by atoms with Crippen molar-refractivity contribution in [2.45, 2.75) is 89.4 Å². The quantitative estimate of drug-likeness (QED) is 0.163. The molecule has 0 bridgehead atoms. The van der Waals surface area contributed by atoms with Crippen molar-refractivity contribution in [1.82, 2.24) is 9.80 Å². The van der Waals surface area contributed by atoms with Gasteiger partial charge in [0.05, 0.1) is 39.5 Å². The highest BCUT2D eigenvalue weighted by atomic mass is 16.5. The third-order valence-corrected chi connectivity index (χ3v) is 10.7. The van der Waals surface area contributed by atoms with Crippen LogP contribution in [-0.4, -0.2) is 99.1 Å². The van der Waals surface area contributed by atoms with Gasteiger partial charge in [0, 0.05) is 26.2 Å². The molecule has 2 aromatic carbocycles. The minimum atomic E-state index is -0.885. The van der Waals surface area contributed by atoms with E-state index in [9.17, 15) is 14.7 Å². The largest absolute Gasteiger partial charge is 0.493 e. The first kappa shape index (κ1) is 38.6. The number of morpholine rings is 1. The van der Waals surface area contributed by atoms with Gasteiger partial charge in [0.1, 0.15) is 24.5 Å². The van der Waals surface area contributed by atoms with Crippen molar-refractivity contribution in [3.05, 3.63) is 65.7 Å². The van der Waals surface area contributed by atoms with Gasteiger partial charge in [0.25, 0.3) is 0 Å². The number of hydrogen-bond acceptors (Lipinski definition) is 9. The smallest absolute Gasteiger partial charge is 0.329 e. The molecule has 2 aromatic rings. The zero-order valence-corrected chi connectivity index (χ0v) is 30.8. The summed E-state index contributed by atoms with van der Waals surface area (Å²) in [6.07, 6.45) is 10.5. The van der Waals surface area contributed by atoms with E-state index < -0.39 is 30.1 Å². The van der Waals surface area contributed by atoms with Crippen LogP contribution >= 0.6 is 0 Å². The van der Waals surface area contributed by atoms with Crippen molar-refractivity contribution < 1.29 is 38.4 Å². The molecule has 1 N–H and O–H groups in total. The van der Waals surface area contributed by atoms with E-state index in [0.717, 1.165) is 94.7 Å². The standard InChI is InChI=1S/C41H58N2O8/c1-4-11-35(44)39(31-12-6-5-7-13-31)40(45)43-21-9-8-16-34(43)41(46)51-36(19-17-30-18-20-37(47-2)38(28-30)48-3)32-14-10-15-33(29-32)50-27-24-42-22-25-49-26-23-42/h4,10-11,14-15,18,20,28-29,31,34-36,39,44H,5-9,12-13,16-17,19,21-27H2,1-3H3/b11-4+/t34-,35+,36+,39-/m0/s1. The number of hydrogen-bond donors (Lipinski definition) is 1. The van der Waals surface area contributed by atoms with Crippen LogP contribution in [0.3, 0.4) is 0 Å². The number of esters is 1. The van der Waals surface area contributed by atoms with Crippen LogP contribution in [0.4, 0.5) is 0 Å². The summed E-state index contributed by atoms with van der Waals surface area (Å²) >= 11 is 0. The molecule has 5 rings (SSSR count). The molecule has 4 atom stereocenters. The van der Waals surface area contributed by atoms with Gasteiger partial charge >= 0.3 is 5.97 Å². The predicted octanol–water partition coefficient (Wildman–Crippen LogP) is 6.15. The van der Waals surface area contributed by atoms with Gasteiger partial charge in [-0.05, 0) is 93.2 Å². The molecular formula is C41H58N2O8. The molecule has 2 aliphatic heterocycles. The first-order valence-electron chi connectivity index (χ1n) is 19.0. The molecule has 1 aliphatic carbocycles. The third kappa shape index (κ3) is 10.7. The van der Waals surface area contributed by atoms with Crippen LogP contribution in [0, 0.1) is 11.8 Å². The Labute approximate surface area is 304 Å². The number of likely N-dealkylation sites (tertiary alicyclic amines) is 1. The maximum absolute atomic E-state index is 14.3. The molecule has 1 saturated carbocycles. The first-order valence-corrected chi connectivity index (χ1v) is 19.0. The van der Waals surface area contributed by atoms with Gasteiger partial charge in [0.2, 0.25) is 5.91 Å². The molecule has 280 valence electrons. The number of methoxy groups -OCH3 is 2. The number of ether oxygens (including phenoxy) is 5. The van der Waals surface area contributed by atoms with Crippen LogP contribution < -0.4 is 14.2 Å². The summed E-state index contributed by atoms with van der Waals surface area (Å²) in [6.45, 7) is 6.96. The van der Waals surface area contributed by atoms with Gasteiger partial charge in [-0.25, -0.2) is 4.79 Å². The van der Waals surface area contributed by atoms with Crippen LogP contribution in [-0.2, 0) is 25.5 Å². The number of aliphatic hydroxyl groups excluding tert-OH is 1.